The van der Waals surface area contributed by atoms with Crippen LogP contribution in [0.3, 0.4) is 0 Å². The van der Waals surface area contributed by atoms with Gasteiger partial charge in [0.15, 0.2) is 0 Å². The van der Waals surface area contributed by atoms with Gasteiger partial charge in [-0.3, -0.25) is 5.01 Å². The zero-order chi connectivity index (χ0) is 9.80. The van der Waals surface area contributed by atoms with Crippen molar-refractivity contribution < 1.29 is 0 Å². The average Bonchev–Trinajstić information content (AvgIpc) is 2.30. The molecule has 1 aromatic rings. The molecule has 0 saturated carbocycles. The molecule has 2 rings (SSSR count). The molecule has 1 fully saturated rings. The lowest BCUT2D eigenvalue weighted by Crippen LogP contribution is -2.28. The maximum absolute atomic E-state index is 10.3. The van der Waals surface area contributed by atoms with Crippen molar-refractivity contribution in [2.75, 3.05) is 13.1 Å². The van der Waals surface area contributed by atoms with Gasteiger partial charge in [-0.1, -0.05) is 30.3 Å². The SMILES string of the molecule is O=NN1CCC(c2ccccc2)CC1. The van der Waals surface area contributed by atoms with Crippen molar-refractivity contribution in [3.05, 3.63) is 40.8 Å². The molecule has 0 amide bonds. The summed E-state index contributed by atoms with van der Waals surface area (Å²) < 4.78 is 0. The Morgan fingerprint density at radius 2 is 1.79 bits per heavy atom. The van der Waals surface area contributed by atoms with E-state index in [0.29, 0.717) is 5.92 Å². The lowest BCUT2D eigenvalue weighted by molar-refractivity contribution is 0.218. The van der Waals surface area contributed by atoms with Gasteiger partial charge < -0.3 is 0 Å². The summed E-state index contributed by atoms with van der Waals surface area (Å²) >= 11 is 0. The van der Waals surface area contributed by atoms with E-state index in [1.165, 1.54) is 5.56 Å². The molecule has 3 heteroatoms. The van der Waals surface area contributed by atoms with Gasteiger partial charge in [-0.25, -0.2) is 0 Å². The van der Waals surface area contributed by atoms with E-state index < -0.39 is 0 Å². The fraction of sp³-hybridized carbons (Fsp3) is 0.455. The zero-order valence-corrected chi connectivity index (χ0v) is 8.10. The Balaban J connectivity index is 1.99. The van der Waals surface area contributed by atoms with Gasteiger partial charge >= 0.3 is 0 Å². The van der Waals surface area contributed by atoms with Gasteiger partial charge in [-0.15, -0.1) is 4.91 Å². The smallest absolute Gasteiger partial charge is 0.0523 e. The average molecular weight is 190 g/mol. The second kappa shape index (κ2) is 4.22. The summed E-state index contributed by atoms with van der Waals surface area (Å²) in [7, 11) is 0. The van der Waals surface area contributed by atoms with Gasteiger partial charge in [0.2, 0.25) is 0 Å². The van der Waals surface area contributed by atoms with Crippen LogP contribution < -0.4 is 0 Å². The predicted molar refractivity (Wildman–Crippen MR) is 55.8 cm³/mol. The highest BCUT2D eigenvalue weighted by atomic mass is 16.3. The van der Waals surface area contributed by atoms with Crippen LogP contribution in [0.2, 0.25) is 0 Å². The standard InChI is InChI=1S/C11H14N2O/c14-12-13-8-6-11(7-9-13)10-4-2-1-3-5-10/h1-5,11H,6-9H2. The third kappa shape index (κ3) is 1.92. The van der Waals surface area contributed by atoms with Crippen molar-refractivity contribution in [3.8, 4) is 0 Å². The van der Waals surface area contributed by atoms with E-state index in [0.717, 1.165) is 25.9 Å². The van der Waals surface area contributed by atoms with Gasteiger partial charge in [-0.2, -0.15) is 0 Å². The van der Waals surface area contributed by atoms with Gasteiger partial charge in [0.1, 0.15) is 0 Å². The normalized spacial score (nSPS) is 18.1. The van der Waals surface area contributed by atoms with Gasteiger partial charge in [0, 0.05) is 13.1 Å². The van der Waals surface area contributed by atoms with Gasteiger partial charge in [0.25, 0.3) is 0 Å². The Morgan fingerprint density at radius 3 is 2.36 bits per heavy atom. The van der Waals surface area contributed by atoms with Crippen LogP contribution in [-0.4, -0.2) is 18.1 Å². The molecule has 1 aliphatic rings. The van der Waals surface area contributed by atoms with Crippen molar-refractivity contribution in [1.82, 2.24) is 5.01 Å². The summed E-state index contributed by atoms with van der Waals surface area (Å²) in [6.45, 7) is 1.59. The van der Waals surface area contributed by atoms with Crippen LogP contribution in [0.15, 0.2) is 35.6 Å². The van der Waals surface area contributed by atoms with Crippen LogP contribution in [0, 0.1) is 4.91 Å². The van der Waals surface area contributed by atoms with Crippen molar-refractivity contribution in [2.45, 2.75) is 18.8 Å². The number of nitroso groups, excluding NO2 is 1. The molecule has 0 spiro atoms. The van der Waals surface area contributed by atoms with Crippen LogP contribution in [0.25, 0.3) is 0 Å². The molecule has 0 atom stereocenters. The number of benzene rings is 1. The van der Waals surface area contributed by atoms with E-state index in [9.17, 15) is 4.91 Å². The highest BCUT2D eigenvalue weighted by Crippen LogP contribution is 2.27. The number of hydrogen-bond acceptors (Lipinski definition) is 2. The van der Waals surface area contributed by atoms with E-state index in [4.69, 9.17) is 0 Å². The lowest BCUT2D eigenvalue weighted by Gasteiger charge is -2.27. The topological polar surface area (TPSA) is 32.7 Å². The quantitative estimate of drug-likeness (QED) is 0.671. The molecule has 14 heavy (non-hydrogen) atoms. The largest absolute Gasteiger partial charge is 0.261 e. The van der Waals surface area contributed by atoms with E-state index in [1.54, 1.807) is 5.01 Å². The summed E-state index contributed by atoms with van der Waals surface area (Å²) in [5.74, 6) is 0.606. The fourth-order valence-electron chi connectivity index (χ4n) is 2.01. The minimum atomic E-state index is 0.606. The Labute approximate surface area is 83.7 Å². The van der Waals surface area contributed by atoms with E-state index in [2.05, 4.69) is 29.6 Å². The van der Waals surface area contributed by atoms with Crippen LogP contribution in [0.4, 0.5) is 0 Å². The third-order valence-corrected chi connectivity index (χ3v) is 2.86. The number of hydrogen-bond donors (Lipinski definition) is 0. The zero-order valence-electron chi connectivity index (χ0n) is 8.10. The third-order valence-electron chi connectivity index (χ3n) is 2.86. The first-order valence-corrected chi connectivity index (χ1v) is 5.03. The van der Waals surface area contributed by atoms with Crippen molar-refractivity contribution >= 4 is 0 Å². The lowest BCUT2D eigenvalue weighted by atomic mass is 9.90. The first kappa shape index (κ1) is 9.19. The molecule has 0 bridgehead atoms. The molecule has 74 valence electrons. The number of rotatable bonds is 2. The Hall–Kier alpha value is -1.38. The molecule has 0 N–H and O–H groups in total. The molecule has 3 nitrogen and oxygen atoms in total. The summed E-state index contributed by atoms with van der Waals surface area (Å²) in [4.78, 5) is 10.3. The highest BCUT2D eigenvalue weighted by molar-refractivity contribution is 5.19. The first-order chi connectivity index (χ1) is 6.90. The van der Waals surface area contributed by atoms with E-state index >= 15 is 0 Å². The molecule has 1 heterocycles. The Morgan fingerprint density at radius 1 is 1.14 bits per heavy atom. The molecule has 0 unspecified atom stereocenters. The summed E-state index contributed by atoms with van der Waals surface area (Å²) in [5, 5.41) is 4.57. The van der Waals surface area contributed by atoms with Gasteiger partial charge in [-0.05, 0) is 24.3 Å². The predicted octanol–water partition coefficient (Wildman–Crippen LogP) is 2.55. The maximum Gasteiger partial charge on any atom is 0.0523 e. The van der Waals surface area contributed by atoms with Crippen LogP contribution in [0.1, 0.15) is 24.3 Å². The Kier molecular flexibility index (Phi) is 2.77. The number of nitrogens with zero attached hydrogens (tertiary/aromatic N) is 2. The Bertz CT molecular complexity index is 291. The van der Waals surface area contributed by atoms with Crippen LogP contribution >= 0.6 is 0 Å². The molecular weight excluding hydrogens is 176 g/mol. The van der Waals surface area contributed by atoms with Crippen LogP contribution in [-0.2, 0) is 0 Å². The second-order valence-electron chi connectivity index (χ2n) is 3.72. The summed E-state index contributed by atoms with van der Waals surface area (Å²) in [6.07, 6.45) is 2.07. The van der Waals surface area contributed by atoms with Crippen molar-refractivity contribution in [1.29, 1.82) is 0 Å². The van der Waals surface area contributed by atoms with Crippen molar-refractivity contribution in [2.24, 2.45) is 5.29 Å². The van der Waals surface area contributed by atoms with E-state index in [-0.39, 0.29) is 0 Å². The molecule has 1 saturated heterocycles. The minimum absolute atomic E-state index is 0.606. The van der Waals surface area contributed by atoms with E-state index in [1.807, 2.05) is 6.07 Å². The van der Waals surface area contributed by atoms with Crippen LogP contribution in [0.5, 0.6) is 0 Å². The van der Waals surface area contributed by atoms with Gasteiger partial charge in [0.05, 0.1) is 5.29 Å². The highest BCUT2D eigenvalue weighted by Gasteiger charge is 2.19. The molecule has 0 radical (unpaired) electrons. The monoisotopic (exact) mass is 190 g/mol. The van der Waals surface area contributed by atoms with Crippen molar-refractivity contribution in [3.63, 3.8) is 0 Å². The first-order valence-electron chi connectivity index (χ1n) is 5.03. The molecular formula is C11H14N2O. The maximum atomic E-state index is 10.3. The summed E-state index contributed by atoms with van der Waals surface area (Å²) in [6, 6.07) is 10.5. The molecule has 1 aromatic carbocycles. The second-order valence-corrected chi connectivity index (χ2v) is 3.72. The summed E-state index contributed by atoms with van der Waals surface area (Å²) in [5.41, 5.74) is 1.39. The molecule has 0 aromatic heterocycles. The fourth-order valence-corrected chi connectivity index (χ4v) is 2.01. The molecule has 1 aliphatic heterocycles. The molecule has 0 aliphatic carbocycles. The minimum Gasteiger partial charge on any atom is -0.261 e. The number of piperidine rings is 1.